The smallest absolute Gasteiger partial charge is 0.226 e. The van der Waals surface area contributed by atoms with E-state index in [0.717, 1.165) is 42.0 Å². The summed E-state index contributed by atoms with van der Waals surface area (Å²) in [5.41, 5.74) is 6.70. The zero-order chi connectivity index (χ0) is 18.6. The first-order valence-corrected chi connectivity index (χ1v) is 9.39. The predicted octanol–water partition coefficient (Wildman–Crippen LogP) is 4.63. The van der Waals surface area contributed by atoms with E-state index in [2.05, 4.69) is 22.6 Å². The SMILES string of the molecule is Cc1oc(-c2ccccc2)nc1COc1ccc2c(c1)CCCC2CNO. The van der Waals surface area contributed by atoms with Gasteiger partial charge in [-0.3, -0.25) is 0 Å². The molecule has 1 atom stereocenters. The summed E-state index contributed by atoms with van der Waals surface area (Å²) in [6.45, 7) is 2.88. The fourth-order valence-corrected chi connectivity index (χ4v) is 3.72. The lowest BCUT2D eigenvalue weighted by Gasteiger charge is -2.25. The van der Waals surface area contributed by atoms with Crippen molar-refractivity contribution in [1.29, 1.82) is 0 Å². The lowest BCUT2D eigenvalue weighted by Crippen LogP contribution is -2.21. The summed E-state index contributed by atoms with van der Waals surface area (Å²) < 4.78 is 11.8. The topological polar surface area (TPSA) is 67.5 Å². The fraction of sp³-hybridized carbons (Fsp3) is 0.318. The van der Waals surface area contributed by atoms with Crippen LogP contribution in [0.15, 0.2) is 52.9 Å². The van der Waals surface area contributed by atoms with Crippen molar-refractivity contribution in [2.24, 2.45) is 0 Å². The van der Waals surface area contributed by atoms with E-state index < -0.39 is 0 Å². The average Bonchev–Trinajstić information content (AvgIpc) is 3.08. The van der Waals surface area contributed by atoms with Crippen molar-refractivity contribution in [3.05, 3.63) is 71.1 Å². The van der Waals surface area contributed by atoms with Gasteiger partial charge in [-0.15, -0.1) is 0 Å². The van der Waals surface area contributed by atoms with Crippen LogP contribution in [0.1, 0.15) is 41.3 Å². The maximum absolute atomic E-state index is 9.03. The molecule has 1 aliphatic rings. The Morgan fingerprint density at radius 3 is 2.89 bits per heavy atom. The van der Waals surface area contributed by atoms with Gasteiger partial charge in [0.05, 0.1) is 0 Å². The quantitative estimate of drug-likeness (QED) is 0.624. The largest absolute Gasteiger partial charge is 0.487 e. The Balaban J connectivity index is 1.47. The Kier molecular flexibility index (Phi) is 5.23. The minimum atomic E-state index is 0.360. The van der Waals surface area contributed by atoms with Gasteiger partial charge in [0.25, 0.3) is 0 Å². The molecular weight excluding hydrogens is 340 g/mol. The molecule has 0 amide bonds. The third-order valence-electron chi connectivity index (χ3n) is 5.18. The van der Waals surface area contributed by atoms with E-state index in [9.17, 15) is 0 Å². The van der Waals surface area contributed by atoms with Crippen LogP contribution in [0.4, 0.5) is 0 Å². The summed E-state index contributed by atoms with van der Waals surface area (Å²) in [6, 6.07) is 16.1. The van der Waals surface area contributed by atoms with E-state index in [1.807, 2.05) is 43.3 Å². The first-order valence-electron chi connectivity index (χ1n) is 9.39. The normalized spacial score (nSPS) is 16.1. The molecule has 0 bridgehead atoms. The number of benzene rings is 2. The molecule has 0 saturated carbocycles. The van der Waals surface area contributed by atoms with E-state index in [1.165, 1.54) is 11.1 Å². The van der Waals surface area contributed by atoms with E-state index >= 15 is 0 Å². The van der Waals surface area contributed by atoms with Gasteiger partial charge in [0.15, 0.2) is 0 Å². The summed E-state index contributed by atoms with van der Waals surface area (Å²) in [5, 5.41) is 9.03. The lowest BCUT2D eigenvalue weighted by atomic mass is 9.83. The number of rotatable bonds is 6. The highest BCUT2D eigenvalue weighted by Gasteiger charge is 2.20. The molecule has 2 N–H and O–H groups in total. The number of hydrogen-bond acceptors (Lipinski definition) is 5. The van der Waals surface area contributed by atoms with Crippen molar-refractivity contribution in [3.8, 4) is 17.2 Å². The molecule has 0 fully saturated rings. The van der Waals surface area contributed by atoms with Gasteiger partial charge in [0, 0.05) is 12.1 Å². The molecule has 1 heterocycles. The van der Waals surface area contributed by atoms with Gasteiger partial charge in [0.2, 0.25) is 5.89 Å². The summed E-state index contributed by atoms with van der Waals surface area (Å²) in [4.78, 5) is 4.59. The lowest BCUT2D eigenvalue weighted by molar-refractivity contribution is 0.157. The van der Waals surface area contributed by atoms with Crippen LogP contribution in [0.5, 0.6) is 5.75 Å². The van der Waals surface area contributed by atoms with E-state index in [4.69, 9.17) is 14.4 Å². The molecule has 3 aromatic rings. The summed E-state index contributed by atoms with van der Waals surface area (Å²) in [7, 11) is 0. The molecule has 0 aliphatic heterocycles. The Hall–Kier alpha value is -2.63. The van der Waals surface area contributed by atoms with Crippen LogP contribution in [0.3, 0.4) is 0 Å². The van der Waals surface area contributed by atoms with Crippen LogP contribution >= 0.6 is 0 Å². The van der Waals surface area contributed by atoms with Gasteiger partial charge in [-0.2, -0.15) is 0 Å². The number of ether oxygens (including phenoxy) is 1. The van der Waals surface area contributed by atoms with Crippen LogP contribution in [0.2, 0.25) is 0 Å². The van der Waals surface area contributed by atoms with E-state index in [1.54, 1.807) is 0 Å². The summed E-state index contributed by atoms with van der Waals surface area (Å²) >= 11 is 0. The minimum Gasteiger partial charge on any atom is -0.487 e. The third-order valence-corrected chi connectivity index (χ3v) is 5.18. The average molecular weight is 364 g/mol. The molecule has 140 valence electrons. The molecule has 2 aromatic carbocycles. The molecule has 0 radical (unpaired) electrons. The number of aryl methyl sites for hydroxylation is 2. The van der Waals surface area contributed by atoms with Crippen molar-refractivity contribution in [3.63, 3.8) is 0 Å². The number of aromatic nitrogens is 1. The number of hydroxylamine groups is 1. The highest BCUT2D eigenvalue weighted by atomic mass is 16.5. The van der Waals surface area contributed by atoms with Crippen LogP contribution in [-0.4, -0.2) is 16.7 Å². The van der Waals surface area contributed by atoms with Gasteiger partial charge in [0.1, 0.15) is 23.8 Å². The van der Waals surface area contributed by atoms with Crippen molar-refractivity contribution in [2.45, 2.75) is 38.7 Å². The van der Waals surface area contributed by atoms with Gasteiger partial charge in [-0.25, -0.2) is 10.5 Å². The second-order valence-electron chi connectivity index (χ2n) is 6.99. The van der Waals surface area contributed by atoms with Crippen molar-refractivity contribution in [2.75, 3.05) is 6.54 Å². The number of nitrogens with zero attached hydrogens (tertiary/aromatic N) is 1. The van der Waals surface area contributed by atoms with Crippen molar-refractivity contribution in [1.82, 2.24) is 10.5 Å². The van der Waals surface area contributed by atoms with Gasteiger partial charge < -0.3 is 14.4 Å². The molecule has 5 heteroatoms. The highest BCUT2D eigenvalue weighted by molar-refractivity contribution is 5.53. The molecule has 5 nitrogen and oxygen atoms in total. The molecule has 1 aromatic heterocycles. The predicted molar refractivity (Wildman–Crippen MR) is 103 cm³/mol. The van der Waals surface area contributed by atoms with E-state index in [-0.39, 0.29) is 0 Å². The highest BCUT2D eigenvalue weighted by Crippen LogP contribution is 2.33. The molecule has 27 heavy (non-hydrogen) atoms. The Morgan fingerprint density at radius 1 is 1.22 bits per heavy atom. The van der Waals surface area contributed by atoms with Gasteiger partial charge in [-0.05, 0) is 67.5 Å². The number of oxazole rings is 1. The van der Waals surface area contributed by atoms with Crippen molar-refractivity contribution < 1.29 is 14.4 Å². The first-order chi connectivity index (χ1) is 13.2. The van der Waals surface area contributed by atoms with Gasteiger partial charge in [-0.1, -0.05) is 24.3 Å². The molecule has 1 unspecified atom stereocenters. The van der Waals surface area contributed by atoms with Gasteiger partial charge >= 0.3 is 0 Å². The Labute approximate surface area is 159 Å². The Morgan fingerprint density at radius 2 is 2.07 bits per heavy atom. The maximum atomic E-state index is 9.03. The molecular formula is C22H24N2O3. The second kappa shape index (κ2) is 7.94. The number of nitrogens with one attached hydrogen (secondary N) is 1. The maximum Gasteiger partial charge on any atom is 0.226 e. The molecule has 1 aliphatic carbocycles. The summed E-state index contributed by atoms with van der Waals surface area (Å²) in [5.74, 6) is 2.60. The Bertz CT molecular complexity index is 905. The zero-order valence-corrected chi connectivity index (χ0v) is 15.4. The summed E-state index contributed by atoms with van der Waals surface area (Å²) in [6.07, 6.45) is 3.28. The number of fused-ring (bicyclic) bond motifs is 1. The molecule has 4 rings (SSSR count). The minimum absolute atomic E-state index is 0.360. The third kappa shape index (κ3) is 3.89. The first kappa shape index (κ1) is 17.8. The van der Waals surface area contributed by atoms with Crippen LogP contribution in [0, 0.1) is 6.92 Å². The zero-order valence-electron chi connectivity index (χ0n) is 15.4. The monoisotopic (exact) mass is 364 g/mol. The van der Waals surface area contributed by atoms with Crippen LogP contribution in [0.25, 0.3) is 11.5 Å². The fourth-order valence-electron chi connectivity index (χ4n) is 3.72. The molecule has 0 spiro atoms. The van der Waals surface area contributed by atoms with Crippen LogP contribution in [-0.2, 0) is 13.0 Å². The standard InChI is InChI=1S/C22H24N2O3/c1-15-21(24-22(27-15)16-6-3-2-4-7-16)14-26-19-10-11-20-17(12-19)8-5-9-18(20)13-23-25/h2-4,6-7,10-12,18,23,25H,5,8-9,13-14H2,1H3. The van der Waals surface area contributed by atoms with Crippen LogP contribution < -0.4 is 10.2 Å². The number of hydrogen-bond donors (Lipinski definition) is 2. The van der Waals surface area contributed by atoms with Crippen molar-refractivity contribution >= 4 is 0 Å². The molecule has 0 saturated heterocycles. The van der Waals surface area contributed by atoms with E-state index in [0.29, 0.717) is 25.0 Å². The second-order valence-corrected chi connectivity index (χ2v) is 6.99.